The van der Waals surface area contributed by atoms with E-state index in [0.717, 1.165) is 62.3 Å². The predicted molar refractivity (Wildman–Crippen MR) is 233 cm³/mol. The number of anilines is 6. The van der Waals surface area contributed by atoms with Gasteiger partial charge in [0.1, 0.15) is 0 Å². The Morgan fingerprint density at radius 2 is 0.982 bits per heavy atom. The monoisotopic (exact) mass is 717 g/mol. The van der Waals surface area contributed by atoms with Crippen LogP contribution in [0.3, 0.4) is 0 Å². The van der Waals surface area contributed by atoms with Gasteiger partial charge in [0.05, 0.1) is 22.6 Å². The maximum absolute atomic E-state index is 7.15. The van der Waals surface area contributed by atoms with E-state index in [4.69, 9.17) is 4.74 Å². The Hall–Kier alpha value is -7.56. The molecule has 0 bridgehead atoms. The van der Waals surface area contributed by atoms with Gasteiger partial charge in [-0.15, -0.1) is 0 Å². The van der Waals surface area contributed by atoms with E-state index in [0.29, 0.717) is 0 Å². The van der Waals surface area contributed by atoms with Gasteiger partial charge < -0.3 is 9.64 Å². The molecule has 56 heavy (non-hydrogen) atoms. The van der Waals surface area contributed by atoms with Crippen LogP contribution in [0.2, 0.25) is 0 Å². The van der Waals surface area contributed by atoms with Gasteiger partial charge in [0.2, 0.25) is 0 Å². The topological polar surface area (TPSA) is 20.6 Å². The van der Waals surface area contributed by atoms with Gasteiger partial charge in [-0.3, -0.25) is 9.47 Å². The van der Waals surface area contributed by atoms with Crippen molar-refractivity contribution in [1.29, 1.82) is 0 Å². The van der Waals surface area contributed by atoms with Crippen LogP contribution >= 0.6 is 0 Å². The van der Waals surface area contributed by atoms with Gasteiger partial charge >= 0.3 is 0 Å². The first-order valence-corrected chi connectivity index (χ1v) is 19.0. The molecule has 0 N–H and O–H groups in total. The molecule has 10 aromatic rings. The van der Waals surface area contributed by atoms with Crippen LogP contribution in [0.5, 0.6) is 11.5 Å². The van der Waals surface area contributed by atoms with Gasteiger partial charge in [0, 0.05) is 33.9 Å². The van der Waals surface area contributed by atoms with E-state index in [1.807, 2.05) is 0 Å². The molecule has 1 aliphatic heterocycles. The number of rotatable bonds is 6. The minimum atomic E-state index is 0.783. The lowest BCUT2D eigenvalue weighted by Gasteiger charge is -2.34. The molecule has 1 aromatic heterocycles. The number of ether oxygens (including phenoxy) is 1. The molecule has 0 saturated heterocycles. The van der Waals surface area contributed by atoms with Crippen molar-refractivity contribution in [3.63, 3.8) is 0 Å². The Bertz CT molecular complexity index is 3050. The molecule has 0 amide bonds. The first-order valence-electron chi connectivity index (χ1n) is 19.0. The van der Waals surface area contributed by atoms with Crippen LogP contribution in [0.1, 0.15) is 0 Å². The zero-order chi connectivity index (χ0) is 37.0. The molecule has 0 aliphatic carbocycles. The van der Waals surface area contributed by atoms with Gasteiger partial charge in [-0.2, -0.15) is 0 Å². The SMILES string of the molecule is c1ccc(-c2ccc(N(c3ccc4c(c3)Oc3c(n(-c5ccccc5)c5ccccc35)N4c3ccccc3)c3cc4ccccc4c4ccccc34)cc2)cc1. The summed E-state index contributed by atoms with van der Waals surface area (Å²) in [7, 11) is 0. The number of para-hydroxylation sites is 3. The summed E-state index contributed by atoms with van der Waals surface area (Å²) in [6, 6.07) is 75.5. The molecule has 11 rings (SSSR count). The summed E-state index contributed by atoms with van der Waals surface area (Å²) >= 11 is 0. The molecule has 2 heterocycles. The van der Waals surface area contributed by atoms with Gasteiger partial charge in [-0.05, 0) is 94.0 Å². The lowest BCUT2D eigenvalue weighted by atomic mass is 9.98. The largest absolute Gasteiger partial charge is 0.450 e. The third-order valence-corrected chi connectivity index (χ3v) is 10.9. The molecule has 4 heteroatoms. The third kappa shape index (κ3) is 5.15. The van der Waals surface area contributed by atoms with E-state index in [1.54, 1.807) is 0 Å². The second kappa shape index (κ2) is 13.1. The third-order valence-electron chi connectivity index (χ3n) is 10.9. The Kier molecular flexibility index (Phi) is 7.46. The molecule has 0 spiro atoms. The van der Waals surface area contributed by atoms with Gasteiger partial charge in [-0.25, -0.2) is 0 Å². The summed E-state index contributed by atoms with van der Waals surface area (Å²) in [6.07, 6.45) is 0. The molecular formula is C52H35N3O. The number of aromatic nitrogens is 1. The molecule has 0 unspecified atom stereocenters. The highest BCUT2D eigenvalue weighted by Gasteiger charge is 2.34. The van der Waals surface area contributed by atoms with E-state index in [2.05, 4.69) is 227 Å². The van der Waals surface area contributed by atoms with E-state index < -0.39 is 0 Å². The normalized spacial score (nSPS) is 12.0. The second-order valence-electron chi connectivity index (χ2n) is 14.2. The standard InChI is InChI=1S/C52H35N3O/c1-4-16-36(17-5-1)37-28-30-41(31-29-37)53(49-34-38-18-10-11-23-43(38)44-24-12-13-25-45(44)49)42-32-33-48-50(35-42)56-51-46-26-14-15-27-47(46)54(39-19-6-2-7-20-39)52(51)55(48)40-21-8-3-9-22-40/h1-35H. The first kappa shape index (κ1) is 31.9. The van der Waals surface area contributed by atoms with E-state index in [-0.39, 0.29) is 0 Å². The highest BCUT2D eigenvalue weighted by Crippen LogP contribution is 2.56. The summed E-state index contributed by atoms with van der Waals surface area (Å²) in [6.45, 7) is 0. The number of nitrogens with zero attached hydrogens (tertiary/aromatic N) is 3. The Morgan fingerprint density at radius 1 is 0.411 bits per heavy atom. The van der Waals surface area contributed by atoms with Crippen LogP contribution in [0.4, 0.5) is 34.3 Å². The summed E-state index contributed by atoms with van der Waals surface area (Å²) in [4.78, 5) is 4.72. The molecule has 1 aliphatic rings. The smallest absolute Gasteiger partial charge is 0.178 e. The lowest BCUT2D eigenvalue weighted by Crippen LogP contribution is -2.19. The van der Waals surface area contributed by atoms with Crippen molar-refractivity contribution in [2.75, 3.05) is 9.80 Å². The summed E-state index contributed by atoms with van der Waals surface area (Å²) in [5, 5.41) is 5.87. The van der Waals surface area contributed by atoms with Gasteiger partial charge in [0.25, 0.3) is 0 Å². The van der Waals surface area contributed by atoms with E-state index >= 15 is 0 Å². The van der Waals surface area contributed by atoms with Crippen molar-refractivity contribution in [3.8, 4) is 28.3 Å². The van der Waals surface area contributed by atoms with Crippen LogP contribution in [0, 0.1) is 0 Å². The van der Waals surface area contributed by atoms with E-state index in [9.17, 15) is 0 Å². The molecule has 0 atom stereocenters. The number of fused-ring (bicyclic) bond motifs is 7. The van der Waals surface area contributed by atoms with Crippen molar-refractivity contribution in [3.05, 3.63) is 212 Å². The maximum Gasteiger partial charge on any atom is 0.178 e. The van der Waals surface area contributed by atoms with Crippen LogP contribution in [0.25, 0.3) is 49.3 Å². The maximum atomic E-state index is 7.15. The zero-order valence-corrected chi connectivity index (χ0v) is 30.5. The van der Waals surface area contributed by atoms with Crippen LogP contribution in [0.15, 0.2) is 212 Å². The van der Waals surface area contributed by atoms with Crippen molar-refractivity contribution in [2.24, 2.45) is 0 Å². The average molecular weight is 718 g/mol. The summed E-state index contributed by atoms with van der Waals surface area (Å²) in [5.41, 5.74) is 9.70. The minimum Gasteiger partial charge on any atom is -0.450 e. The Labute approximate surface area is 325 Å². The van der Waals surface area contributed by atoms with Crippen molar-refractivity contribution < 1.29 is 4.74 Å². The highest BCUT2D eigenvalue weighted by atomic mass is 16.5. The average Bonchev–Trinajstić information content (AvgIpc) is 3.60. The number of hydrogen-bond donors (Lipinski definition) is 0. The molecule has 0 saturated carbocycles. The fourth-order valence-electron chi connectivity index (χ4n) is 8.39. The first-order chi connectivity index (χ1) is 27.8. The molecule has 0 fully saturated rings. The lowest BCUT2D eigenvalue weighted by molar-refractivity contribution is 0.481. The van der Waals surface area contributed by atoms with Crippen LogP contribution in [-0.2, 0) is 0 Å². The Morgan fingerprint density at radius 3 is 1.73 bits per heavy atom. The Balaban J connectivity index is 1.15. The van der Waals surface area contributed by atoms with Crippen molar-refractivity contribution in [2.45, 2.75) is 0 Å². The minimum absolute atomic E-state index is 0.783. The fraction of sp³-hybridized carbons (Fsp3) is 0. The van der Waals surface area contributed by atoms with Gasteiger partial charge in [0.15, 0.2) is 17.3 Å². The quantitative estimate of drug-likeness (QED) is 0.160. The van der Waals surface area contributed by atoms with Gasteiger partial charge in [-0.1, -0.05) is 140 Å². The van der Waals surface area contributed by atoms with E-state index in [1.165, 1.54) is 32.7 Å². The molecular weight excluding hydrogens is 683 g/mol. The predicted octanol–water partition coefficient (Wildman–Crippen LogP) is 14.6. The van der Waals surface area contributed by atoms with Crippen LogP contribution in [-0.4, -0.2) is 4.57 Å². The molecule has 0 radical (unpaired) electrons. The fourth-order valence-corrected chi connectivity index (χ4v) is 8.39. The second-order valence-corrected chi connectivity index (χ2v) is 14.2. The molecule has 4 nitrogen and oxygen atoms in total. The van der Waals surface area contributed by atoms with Crippen LogP contribution < -0.4 is 14.5 Å². The number of hydrogen-bond acceptors (Lipinski definition) is 3. The van der Waals surface area contributed by atoms with Crippen molar-refractivity contribution >= 4 is 66.7 Å². The molecule has 264 valence electrons. The summed E-state index contributed by atoms with van der Waals surface area (Å²) < 4.78 is 9.47. The summed E-state index contributed by atoms with van der Waals surface area (Å²) in [5.74, 6) is 2.58. The van der Waals surface area contributed by atoms with Crippen molar-refractivity contribution in [1.82, 2.24) is 4.57 Å². The highest BCUT2D eigenvalue weighted by molar-refractivity contribution is 6.14. The molecule has 9 aromatic carbocycles. The number of benzene rings is 9. The zero-order valence-electron chi connectivity index (χ0n) is 30.5.